The highest BCUT2D eigenvalue weighted by atomic mass is 19.3. The number of hydrogen-bond donors (Lipinski definition) is 0. The third-order valence-corrected chi connectivity index (χ3v) is 1.20. The van der Waals surface area contributed by atoms with Crippen molar-refractivity contribution in [1.29, 1.82) is 0 Å². The van der Waals surface area contributed by atoms with Crippen LogP contribution in [0.4, 0.5) is 13.3 Å². The summed E-state index contributed by atoms with van der Waals surface area (Å²) < 4.78 is 35.7. The number of carbonyl (C=O) groups is 2. The molecule has 0 rings (SSSR count). The Balaban J connectivity index is 4.19. The second kappa shape index (κ2) is 4.74. The lowest BCUT2D eigenvalue weighted by Gasteiger charge is -2.04. The molecule has 0 N–H and O–H groups in total. The summed E-state index contributed by atoms with van der Waals surface area (Å²) in [5, 5.41) is 0. The Morgan fingerprint density at radius 3 is 2.25 bits per heavy atom. The van der Waals surface area contributed by atoms with Gasteiger partial charge in [0, 0.05) is 4.53 Å². The first-order valence-electron chi connectivity index (χ1n) is 3.18. The van der Waals surface area contributed by atoms with Crippen LogP contribution >= 0.6 is 0 Å². The Kier molecular flexibility index (Phi) is 4.31. The molecule has 0 saturated heterocycles. The summed E-state index contributed by atoms with van der Waals surface area (Å²) in [5.41, 5.74) is 0. The van der Waals surface area contributed by atoms with Crippen molar-refractivity contribution < 1.29 is 27.8 Å². The number of hydrogen-bond acceptors (Lipinski definition) is 3. The van der Waals surface area contributed by atoms with Crippen LogP contribution in [0, 0.1) is 0 Å². The molecule has 0 aromatic rings. The van der Waals surface area contributed by atoms with Crippen LogP contribution < -0.4 is 0 Å². The van der Waals surface area contributed by atoms with Crippen LogP contribution in [0.3, 0.4) is 0 Å². The number of halogens is 3. The third-order valence-electron chi connectivity index (χ3n) is 1.20. The van der Waals surface area contributed by atoms with Crippen molar-refractivity contribution in [3.05, 3.63) is 0 Å². The second-order valence-electron chi connectivity index (χ2n) is 2.04. The molecular weight excluding hydrogens is 177 g/mol. The van der Waals surface area contributed by atoms with Crippen LogP contribution in [0.25, 0.3) is 0 Å². The summed E-state index contributed by atoms with van der Waals surface area (Å²) in [6.07, 6.45) is -5.23. The molecule has 6 heteroatoms. The molecule has 70 valence electrons. The number of carbonyl (C=O) groups excluding carboxylic acids is 2. The summed E-state index contributed by atoms with van der Waals surface area (Å²) >= 11 is 0. The molecule has 0 bridgehead atoms. The van der Waals surface area contributed by atoms with Gasteiger partial charge in [0.2, 0.25) is 5.78 Å². The van der Waals surface area contributed by atoms with Crippen molar-refractivity contribution in [2.75, 3.05) is 0 Å². The molecule has 0 aliphatic heterocycles. The van der Waals surface area contributed by atoms with Crippen molar-refractivity contribution in [3.63, 3.8) is 0 Å². The summed E-state index contributed by atoms with van der Waals surface area (Å²) in [6, 6.07) is 0. The van der Waals surface area contributed by atoms with Gasteiger partial charge in [-0.3, -0.25) is 9.74 Å². The summed E-state index contributed by atoms with van der Waals surface area (Å²) in [7, 11) is 0. The fraction of sp³-hybridized carbons (Fsp3) is 0.667. The predicted molar refractivity (Wildman–Crippen MR) is 32.3 cm³/mol. The maximum absolute atomic E-state index is 12.4. The van der Waals surface area contributed by atoms with Crippen molar-refractivity contribution >= 4 is 11.8 Å². The maximum Gasteiger partial charge on any atom is 0.390 e. The largest absolute Gasteiger partial charge is 0.390 e. The zero-order chi connectivity index (χ0) is 9.72. The standard InChI is InChI=1S/C6H7F3O3/c1-2-3(7)5(10)4(8)6(11)12-9/h3-4H,2H2,1H3. The van der Waals surface area contributed by atoms with Crippen molar-refractivity contribution in [2.45, 2.75) is 25.7 Å². The fourth-order valence-electron chi connectivity index (χ4n) is 0.515. The van der Waals surface area contributed by atoms with Crippen LogP contribution in [0.15, 0.2) is 0 Å². The zero-order valence-corrected chi connectivity index (χ0v) is 6.22. The van der Waals surface area contributed by atoms with Gasteiger partial charge >= 0.3 is 5.97 Å². The van der Waals surface area contributed by atoms with E-state index in [1.54, 1.807) is 0 Å². The topological polar surface area (TPSA) is 43.4 Å². The number of Topliss-reactive ketones (excluding diaryl/α,β-unsaturated/α-hetero) is 1. The minimum atomic E-state index is -2.87. The fourth-order valence-corrected chi connectivity index (χ4v) is 0.515. The van der Waals surface area contributed by atoms with Crippen LogP contribution in [-0.2, 0) is 14.5 Å². The van der Waals surface area contributed by atoms with Crippen molar-refractivity contribution in [2.24, 2.45) is 0 Å². The maximum atomic E-state index is 12.4. The van der Waals surface area contributed by atoms with E-state index in [1.165, 1.54) is 6.92 Å². The van der Waals surface area contributed by atoms with Gasteiger partial charge in [0.05, 0.1) is 0 Å². The van der Waals surface area contributed by atoms with Gasteiger partial charge in [0.25, 0.3) is 6.17 Å². The molecule has 0 amide bonds. The Hall–Kier alpha value is -1.07. The Labute approximate surface area is 66.4 Å². The van der Waals surface area contributed by atoms with Crippen LogP contribution in [-0.4, -0.2) is 24.1 Å². The van der Waals surface area contributed by atoms with Gasteiger partial charge < -0.3 is 0 Å². The molecule has 0 spiro atoms. The van der Waals surface area contributed by atoms with Crippen LogP contribution in [0.5, 0.6) is 0 Å². The SMILES string of the molecule is CCC(F)C(=O)C(F)C(=O)OF. The lowest BCUT2D eigenvalue weighted by atomic mass is 10.1. The van der Waals surface area contributed by atoms with E-state index >= 15 is 0 Å². The predicted octanol–water partition coefficient (Wildman–Crippen LogP) is 1.07. The highest BCUT2D eigenvalue weighted by molar-refractivity contribution is 6.03. The lowest BCUT2D eigenvalue weighted by Crippen LogP contribution is -2.32. The first-order chi connectivity index (χ1) is 5.54. The molecule has 0 fully saturated rings. The first-order valence-corrected chi connectivity index (χ1v) is 3.18. The minimum absolute atomic E-state index is 0.265. The van der Waals surface area contributed by atoms with Crippen molar-refractivity contribution in [3.8, 4) is 0 Å². The normalized spacial score (nSPS) is 15.0. The van der Waals surface area contributed by atoms with Gasteiger partial charge in [-0.05, 0) is 6.42 Å². The van der Waals surface area contributed by atoms with Gasteiger partial charge in [-0.25, -0.2) is 13.6 Å². The lowest BCUT2D eigenvalue weighted by molar-refractivity contribution is -0.190. The van der Waals surface area contributed by atoms with E-state index in [2.05, 4.69) is 4.94 Å². The molecule has 0 radical (unpaired) electrons. The molecule has 0 aliphatic carbocycles. The quantitative estimate of drug-likeness (QED) is 0.614. The van der Waals surface area contributed by atoms with E-state index in [9.17, 15) is 22.9 Å². The molecule has 0 heterocycles. The summed E-state index contributed by atoms with van der Waals surface area (Å²) in [5.74, 6) is -3.63. The van der Waals surface area contributed by atoms with Gasteiger partial charge in [-0.15, -0.1) is 0 Å². The van der Waals surface area contributed by atoms with E-state index in [1.807, 2.05) is 0 Å². The zero-order valence-electron chi connectivity index (χ0n) is 6.22. The monoisotopic (exact) mass is 184 g/mol. The van der Waals surface area contributed by atoms with E-state index in [0.29, 0.717) is 0 Å². The average molecular weight is 184 g/mol. The Morgan fingerprint density at radius 2 is 1.92 bits per heavy atom. The minimum Gasteiger partial charge on any atom is -0.292 e. The van der Waals surface area contributed by atoms with E-state index in [-0.39, 0.29) is 6.42 Å². The molecule has 2 unspecified atom stereocenters. The molecule has 2 atom stereocenters. The number of alkyl halides is 2. The Bertz CT molecular complexity index is 183. The van der Waals surface area contributed by atoms with Crippen LogP contribution in [0.2, 0.25) is 0 Å². The first kappa shape index (κ1) is 10.9. The number of ketones is 1. The van der Waals surface area contributed by atoms with Gasteiger partial charge in [-0.1, -0.05) is 6.92 Å². The second-order valence-corrected chi connectivity index (χ2v) is 2.04. The van der Waals surface area contributed by atoms with E-state index < -0.39 is 24.1 Å². The Morgan fingerprint density at radius 1 is 1.42 bits per heavy atom. The molecule has 0 aromatic carbocycles. The highest BCUT2D eigenvalue weighted by Crippen LogP contribution is 2.06. The van der Waals surface area contributed by atoms with Crippen molar-refractivity contribution in [1.82, 2.24) is 0 Å². The third kappa shape index (κ3) is 2.52. The molecule has 12 heavy (non-hydrogen) atoms. The smallest absolute Gasteiger partial charge is 0.292 e. The molecule has 0 saturated carbocycles. The summed E-state index contributed by atoms with van der Waals surface area (Å²) in [6.45, 7) is 1.29. The van der Waals surface area contributed by atoms with E-state index in [4.69, 9.17) is 0 Å². The van der Waals surface area contributed by atoms with Gasteiger partial charge in [-0.2, -0.15) is 0 Å². The number of rotatable bonds is 4. The summed E-state index contributed by atoms with van der Waals surface area (Å²) in [4.78, 5) is 22.9. The molecule has 0 aromatic heterocycles. The molecular formula is C6H7F3O3. The van der Waals surface area contributed by atoms with Crippen LogP contribution in [0.1, 0.15) is 13.3 Å². The van der Waals surface area contributed by atoms with Gasteiger partial charge in [0.1, 0.15) is 0 Å². The molecule has 3 nitrogen and oxygen atoms in total. The van der Waals surface area contributed by atoms with E-state index in [0.717, 1.165) is 0 Å². The highest BCUT2D eigenvalue weighted by Gasteiger charge is 2.33. The van der Waals surface area contributed by atoms with Gasteiger partial charge in [0.15, 0.2) is 6.17 Å². The molecule has 0 aliphatic rings. The average Bonchev–Trinajstić information content (AvgIpc) is 2.12.